The highest BCUT2D eigenvalue weighted by Crippen LogP contribution is 2.17. The quantitative estimate of drug-likeness (QED) is 0.277. The minimum Gasteiger partial charge on any atom is -0.396 e. The molecule has 0 fully saturated rings. The van der Waals surface area contributed by atoms with Crippen LogP contribution in [-0.4, -0.2) is 50.6 Å². The summed E-state index contributed by atoms with van der Waals surface area (Å²) in [7, 11) is 0. The summed E-state index contributed by atoms with van der Waals surface area (Å²) in [5.74, 6) is -0.175. The van der Waals surface area contributed by atoms with Crippen LogP contribution in [0.2, 0.25) is 0 Å². The van der Waals surface area contributed by atoms with Crippen LogP contribution in [0.25, 0.3) is 0 Å². The summed E-state index contributed by atoms with van der Waals surface area (Å²) in [6, 6.07) is 0. The van der Waals surface area contributed by atoms with Crippen molar-refractivity contribution in [3.63, 3.8) is 0 Å². The molecule has 5 N–H and O–H groups in total. The van der Waals surface area contributed by atoms with Gasteiger partial charge in [0.1, 0.15) is 0 Å². The zero-order valence-corrected chi connectivity index (χ0v) is 9.79. The minimum atomic E-state index is -1.36. The molecule has 0 saturated heterocycles. The average molecular weight is 236 g/mol. The van der Waals surface area contributed by atoms with Gasteiger partial charge in [-0.15, -0.1) is 0 Å². The second-order valence-electron chi connectivity index (χ2n) is 4.31. The molecule has 0 amide bonds. The zero-order chi connectivity index (χ0) is 12.6. The molecule has 0 heterocycles. The van der Waals surface area contributed by atoms with Crippen LogP contribution >= 0.6 is 0 Å². The second-order valence-corrected chi connectivity index (χ2v) is 4.31. The van der Waals surface area contributed by atoms with Crippen LogP contribution in [0.15, 0.2) is 0 Å². The minimum absolute atomic E-state index is 0.0923. The lowest BCUT2D eigenvalue weighted by Crippen LogP contribution is -2.32. The Morgan fingerprint density at radius 3 is 2.00 bits per heavy atom. The topological polar surface area (TPSA) is 101 Å². The van der Waals surface area contributed by atoms with Gasteiger partial charge in [-0.25, -0.2) is 0 Å². The molecule has 0 saturated carbocycles. The van der Waals surface area contributed by atoms with Gasteiger partial charge in [0.2, 0.25) is 0 Å². The Morgan fingerprint density at radius 2 is 1.50 bits per heavy atom. The lowest BCUT2D eigenvalue weighted by molar-refractivity contribution is -0.0610. The molecule has 0 aromatic carbocycles. The van der Waals surface area contributed by atoms with Crippen molar-refractivity contribution in [3.8, 4) is 0 Å². The van der Waals surface area contributed by atoms with Gasteiger partial charge >= 0.3 is 0 Å². The number of unbranched alkanes of at least 4 members (excludes halogenated alkanes) is 1. The van der Waals surface area contributed by atoms with Gasteiger partial charge in [-0.3, -0.25) is 0 Å². The molecular formula is C11H24O5. The van der Waals surface area contributed by atoms with Gasteiger partial charge in [0.15, 0.2) is 6.29 Å². The van der Waals surface area contributed by atoms with Crippen molar-refractivity contribution >= 4 is 0 Å². The third-order valence-electron chi connectivity index (χ3n) is 2.77. The fourth-order valence-electron chi connectivity index (χ4n) is 1.60. The van der Waals surface area contributed by atoms with E-state index in [2.05, 4.69) is 0 Å². The lowest BCUT2D eigenvalue weighted by atomic mass is 9.92. The molecule has 0 rings (SSSR count). The first-order valence-electron chi connectivity index (χ1n) is 5.82. The first-order chi connectivity index (χ1) is 7.49. The summed E-state index contributed by atoms with van der Waals surface area (Å²) in [6.45, 7) is 1.86. The van der Waals surface area contributed by atoms with Gasteiger partial charge in [0.25, 0.3) is 0 Å². The lowest BCUT2D eigenvalue weighted by Gasteiger charge is -2.24. The summed E-state index contributed by atoms with van der Waals surface area (Å²) in [4.78, 5) is 0. The van der Waals surface area contributed by atoms with Crippen LogP contribution in [0, 0.1) is 5.92 Å². The van der Waals surface area contributed by atoms with E-state index in [1.165, 1.54) is 0 Å². The summed E-state index contributed by atoms with van der Waals surface area (Å²) < 4.78 is 0. The molecule has 0 spiro atoms. The number of hydrogen-bond donors (Lipinski definition) is 5. The van der Waals surface area contributed by atoms with Crippen LogP contribution in [0.4, 0.5) is 0 Å². The summed E-state index contributed by atoms with van der Waals surface area (Å²) in [5, 5.41) is 45.3. The second kappa shape index (κ2) is 8.90. The van der Waals surface area contributed by atoms with Crippen LogP contribution in [0.5, 0.6) is 0 Å². The number of hydrogen-bond acceptors (Lipinski definition) is 5. The van der Waals surface area contributed by atoms with Crippen LogP contribution in [0.1, 0.15) is 39.0 Å². The molecule has 5 heteroatoms. The molecule has 3 unspecified atom stereocenters. The van der Waals surface area contributed by atoms with Gasteiger partial charge in [-0.1, -0.05) is 6.92 Å². The predicted molar refractivity (Wildman–Crippen MR) is 59.6 cm³/mol. The summed E-state index contributed by atoms with van der Waals surface area (Å²) >= 11 is 0. The van der Waals surface area contributed by atoms with Crippen molar-refractivity contribution in [2.45, 2.75) is 57.5 Å². The maximum atomic E-state index is 9.72. The average Bonchev–Trinajstić information content (AvgIpc) is 2.24. The Kier molecular flexibility index (Phi) is 8.78. The van der Waals surface area contributed by atoms with E-state index in [-0.39, 0.29) is 18.9 Å². The first kappa shape index (κ1) is 15.8. The van der Waals surface area contributed by atoms with E-state index in [9.17, 15) is 10.2 Å². The Bertz CT molecular complexity index is 162. The number of rotatable bonds is 9. The van der Waals surface area contributed by atoms with Gasteiger partial charge in [-0.05, 0) is 38.0 Å². The highest BCUT2D eigenvalue weighted by atomic mass is 16.5. The van der Waals surface area contributed by atoms with E-state index in [4.69, 9.17) is 15.3 Å². The van der Waals surface area contributed by atoms with Crippen molar-refractivity contribution in [1.82, 2.24) is 0 Å². The molecule has 0 aromatic heterocycles. The maximum absolute atomic E-state index is 9.72. The molecule has 0 bridgehead atoms. The molecule has 98 valence electrons. The van der Waals surface area contributed by atoms with Crippen molar-refractivity contribution in [3.05, 3.63) is 0 Å². The normalized spacial score (nSPS) is 17.4. The molecular weight excluding hydrogens is 212 g/mol. The van der Waals surface area contributed by atoms with E-state index >= 15 is 0 Å². The smallest absolute Gasteiger partial charge is 0.151 e. The standard InChI is InChI=1S/C11H24O5/c1-8(5-6-10(14)15)11(16)9(13)4-2-3-7-12/h8-16H,2-7H2,1H3. The predicted octanol–water partition coefficient (Wildman–Crippen LogP) is -0.402. The first-order valence-corrected chi connectivity index (χ1v) is 5.82. The van der Waals surface area contributed by atoms with E-state index < -0.39 is 18.5 Å². The zero-order valence-electron chi connectivity index (χ0n) is 9.79. The Hall–Kier alpha value is -0.200. The van der Waals surface area contributed by atoms with Crippen molar-refractivity contribution < 1.29 is 25.5 Å². The fraction of sp³-hybridized carbons (Fsp3) is 1.00. The van der Waals surface area contributed by atoms with Crippen molar-refractivity contribution in [1.29, 1.82) is 0 Å². The third kappa shape index (κ3) is 7.14. The fourth-order valence-corrected chi connectivity index (χ4v) is 1.60. The molecule has 0 aliphatic rings. The largest absolute Gasteiger partial charge is 0.396 e. The molecule has 0 aliphatic heterocycles. The van der Waals surface area contributed by atoms with E-state index in [1.54, 1.807) is 6.92 Å². The van der Waals surface area contributed by atoms with Crippen LogP contribution in [0.3, 0.4) is 0 Å². The monoisotopic (exact) mass is 236 g/mol. The molecule has 0 aromatic rings. The Balaban J connectivity index is 3.77. The summed E-state index contributed by atoms with van der Waals surface area (Å²) in [5.41, 5.74) is 0. The molecule has 3 atom stereocenters. The molecule has 0 aliphatic carbocycles. The Morgan fingerprint density at radius 1 is 0.875 bits per heavy atom. The van der Waals surface area contributed by atoms with Gasteiger partial charge in [0.05, 0.1) is 12.2 Å². The van der Waals surface area contributed by atoms with E-state index in [1.807, 2.05) is 0 Å². The van der Waals surface area contributed by atoms with Gasteiger partial charge in [-0.2, -0.15) is 0 Å². The third-order valence-corrected chi connectivity index (χ3v) is 2.77. The van der Waals surface area contributed by atoms with Crippen molar-refractivity contribution in [2.75, 3.05) is 6.61 Å². The van der Waals surface area contributed by atoms with Crippen LogP contribution < -0.4 is 0 Å². The highest BCUT2D eigenvalue weighted by molar-refractivity contribution is 4.73. The SMILES string of the molecule is CC(CCC(O)O)C(O)C(O)CCCCO. The van der Waals surface area contributed by atoms with E-state index in [0.717, 1.165) is 0 Å². The molecule has 0 radical (unpaired) electrons. The molecule has 16 heavy (non-hydrogen) atoms. The number of aliphatic hydroxyl groups excluding tert-OH is 4. The van der Waals surface area contributed by atoms with Crippen molar-refractivity contribution in [2.24, 2.45) is 5.92 Å². The van der Waals surface area contributed by atoms with Crippen LogP contribution in [-0.2, 0) is 0 Å². The Labute approximate surface area is 96.4 Å². The van der Waals surface area contributed by atoms with Gasteiger partial charge in [0, 0.05) is 6.61 Å². The van der Waals surface area contributed by atoms with Gasteiger partial charge < -0.3 is 25.5 Å². The maximum Gasteiger partial charge on any atom is 0.151 e. The number of aliphatic hydroxyl groups is 5. The summed E-state index contributed by atoms with van der Waals surface area (Å²) in [6.07, 6.45) is -0.626. The molecule has 5 nitrogen and oxygen atoms in total. The highest BCUT2D eigenvalue weighted by Gasteiger charge is 2.22. The van der Waals surface area contributed by atoms with E-state index in [0.29, 0.717) is 25.7 Å².